The summed E-state index contributed by atoms with van der Waals surface area (Å²) in [5, 5.41) is 9.06. The van der Waals surface area contributed by atoms with Gasteiger partial charge in [0.25, 0.3) is 0 Å². The second-order valence-corrected chi connectivity index (χ2v) is 4.81. The predicted octanol–water partition coefficient (Wildman–Crippen LogP) is 2.31. The molecule has 0 spiro atoms. The molecule has 1 atom stereocenters. The van der Waals surface area contributed by atoms with Crippen molar-refractivity contribution < 1.29 is 19.4 Å². The van der Waals surface area contributed by atoms with E-state index >= 15 is 0 Å². The van der Waals surface area contributed by atoms with Gasteiger partial charge >= 0.3 is 11.9 Å². The third kappa shape index (κ3) is 3.10. The van der Waals surface area contributed by atoms with Crippen LogP contribution in [-0.4, -0.2) is 36.2 Å². The zero-order chi connectivity index (χ0) is 14.5. The van der Waals surface area contributed by atoms with Crippen molar-refractivity contribution in [2.24, 2.45) is 0 Å². The molecule has 0 saturated carbocycles. The van der Waals surface area contributed by atoms with Gasteiger partial charge in [0.05, 0.1) is 12.2 Å². The molecule has 1 aromatic carbocycles. The topological polar surface area (TPSA) is 66.8 Å². The van der Waals surface area contributed by atoms with Gasteiger partial charge in [-0.25, -0.2) is 9.59 Å². The van der Waals surface area contributed by atoms with Crippen LogP contribution in [0.5, 0.6) is 0 Å². The summed E-state index contributed by atoms with van der Waals surface area (Å²) in [7, 11) is 0. The highest BCUT2D eigenvalue weighted by molar-refractivity contribution is 5.89. The molecule has 2 rings (SSSR count). The van der Waals surface area contributed by atoms with Gasteiger partial charge in [-0.05, 0) is 44.4 Å². The van der Waals surface area contributed by atoms with Crippen molar-refractivity contribution in [2.75, 3.05) is 18.1 Å². The number of piperidine rings is 1. The molecule has 5 nitrogen and oxygen atoms in total. The zero-order valence-corrected chi connectivity index (χ0v) is 11.5. The third-order valence-electron chi connectivity index (χ3n) is 3.49. The highest BCUT2D eigenvalue weighted by atomic mass is 16.5. The molecule has 1 fully saturated rings. The number of rotatable bonds is 4. The van der Waals surface area contributed by atoms with Crippen LogP contribution in [0.4, 0.5) is 5.69 Å². The first-order valence-electron chi connectivity index (χ1n) is 6.90. The minimum atomic E-state index is -0.962. The summed E-state index contributed by atoms with van der Waals surface area (Å²) in [5.41, 5.74) is 0.998. The molecular formula is C15H19NO4. The van der Waals surface area contributed by atoms with Crippen molar-refractivity contribution >= 4 is 17.6 Å². The molecule has 1 saturated heterocycles. The number of ether oxygens (including phenoxy) is 1. The fraction of sp³-hybridized carbons (Fsp3) is 0.467. The fourth-order valence-electron chi connectivity index (χ4n) is 2.54. The van der Waals surface area contributed by atoms with E-state index in [0.717, 1.165) is 31.5 Å². The van der Waals surface area contributed by atoms with Gasteiger partial charge < -0.3 is 14.7 Å². The van der Waals surface area contributed by atoms with Gasteiger partial charge in [0.15, 0.2) is 0 Å². The molecule has 0 aromatic heterocycles. The first kappa shape index (κ1) is 14.4. The minimum Gasteiger partial charge on any atom is -0.478 e. The van der Waals surface area contributed by atoms with E-state index in [4.69, 9.17) is 9.84 Å². The number of esters is 1. The Bertz CT molecular complexity index is 500. The lowest BCUT2D eigenvalue weighted by Gasteiger charge is -2.35. The van der Waals surface area contributed by atoms with Gasteiger partial charge in [-0.3, -0.25) is 0 Å². The summed E-state index contributed by atoms with van der Waals surface area (Å²) in [6.45, 7) is 2.89. The van der Waals surface area contributed by atoms with E-state index in [1.807, 2.05) is 11.0 Å². The first-order valence-corrected chi connectivity index (χ1v) is 6.90. The van der Waals surface area contributed by atoms with Crippen LogP contribution in [0.3, 0.4) is 0 Å². The number of carboxylic acids is 1. The first-order chi connectivity index (χ1) is 9.63. The lowest BCUT2D eigenvalue weighted by atomic mass is 10.0. The van der Waals surface area contributed by atoms with Crippen molar-refractivity contribution in [1.82, 2.24) is 0 Å². The average molecular weight is 277 g/mol. The van der Waals surface area contributed by atoms with Crippen molar-refractivity contribution in [3.05, 3.63) is 29.8 Å². The van der Waals surface area contributed by atoms with Gasteiger partial charge in [0, 0.05) is 12.2 Å². The summed E-state index contributed by atoms with van der Waals surface area (Å²) in [4.78, 5) is 25.0. The van der Waals surface area contributed by atoms with Crippen LogP contribution < -0.4 is 4.90 Å². The average Bonchev–Trinajstić information content (AvgIpc) is 2.47. The van der Waals surface area contributed by atoms with Gasteiger partial charge in [-0.1, -0.05) is 6.07 Å². The van der Waals surface area contributed by atoms with E-state index in [0.29, 0.717) is 6.61 Å². The standard InChI is InChI=1S/C15H19NO4/c1-2-20-15(19)13-8-3-4-9-16(13)12-7-5-6-11(10-12)14(17)18/h5-7,10,13H,2-4,8-9H2,1H3,(H,17,18). The van der Waals surface area contributed by atoms with E-state index in [-0.39, 0.29) is 17.6 Å². The highest BCUT2D eigenvalue weighted by Gasteiger charge is 2.30. The maximum absolute atomic E-state index is 12.0. The minimum absolute atomic E-state index is 0.229. The number of hydrogen-bond acceptors (Lipinski definition) is 4. The van der Waals surface area contributed by atoms with Gasteiger partial charge in [-0.15, -0.1) is 0 Å². The van der Waals surface area contributed by atoms with Crippen molar-refractivity contribution in [1.29, 1.82) is 0 Å². The monoisotopic (exact) mass is 277 g/mol. The molecule has 1 aromatic rings. The van der Waals surface area contributed by atoms with Gasteiger partial charge in [0.2, 0.25) is 0 Å². The second kappa shape index (κ2) is 6.41. The van der Waals surface area contributed by atoms with Crippen molar-refractivity contribution in [2.45, 2.75) is 32.2 Å². The Morgan fingerprint density at radius 1 is 1.40 bits per heavy atom. The van der Waals surface area contributed by atoms with Crippen LogP contribution in [0.1, 0.15) is 36.5 Å². The number of aromatic carboxylic acids is 1. The van der Waals surface area contributed by atoms with Crippen LogP contribution in [0, 0.1) is 0 Å². The number of carbonyl (C=O) groups is 2. The Kier molecular flexibility index (Phi) is 4.61. The summed E-state index contributed by atoms with van der Waals surface area (Å²) in [6.07, 6.45) is 2.72. The number of nitrogens with zero attached hydrogens (tertiary/aromatic N) is 1. The molecule has 108 valence electrons. The molecular weight excluding hydrogens is 258 g/mol. The van der Waals surface area contributed by atoms with Crippen LogP contribution in [-0.2, 0) is 9.53 Å². The lowest BCUT2D eigenvalue weighted by molar-refractivity contribution is -0.145. The molecule has 1 heterocycles. The molecule has 5 heteroatoms. The van der Waals surface area contributed by atoms with E-state index in [1.165, 1.54) is 0 Å². The maximum atomic E-state index is 12.0. The van der Waals surface area contributed by atoms with Crippen molar-refractivity contribution in [3.8, 4) is 0 Å². The molecule has 1 aliphatic heterocycles. The summed E-state index contributed by atoms with van der Waals surface area (Å²) in [5.74, 6) is -1.19. The van der Waals surface area contributed by atoms with Crippen LogP contribution in [0.25, 0.3) is 0 Å². The molecule has 0 bridgehead atoms. The van der Waals surface area contributed by atoms with Crippen LogP contribution >= 0.6 is 0 Å². The number of anilines is 1. The van der Waals surface area contributed by atoms with E-state index < -0.39 is 5.97 Å². The molecule has 1 N–H and O–H groups in total. The van der Waals surface area contributed by atoms with Gasteiger partial charge in [0.1, 0.15) is 6.04 Å². The summed E-state index contributed by atoms with van der Waals surface area (Å²) in [6, 6.07) is 6.39. The largest absolute Gasteiger partial charge is 0.478 e. The predicted molar refractivity (Wildman–Crippen MR) is 75.0 cm³/mol. The Labute approximate surface area is 118 Å². The number of carboxylic acid groups (broad SMARTS) is 1. The molecule has 0 aliphatic carbocycles. The highest BCUT2D eigenvalue weighted by Crippen LogP contribution is 2.26. The van der Waals surface area contributed by atoms with Crippen LogP contribution in [0.15, 0.2) is 24.3 Å². The quantitative estimate of drug-likeness (QED) is 0.855. The molecule has 1 unspecified atom stereocenters. The molecule has 20 heavy (non-hydrogen) atoms. The molecule has 1 aliphatic rings. The number of benzene rings is 1. The van der Waals surface area contributed by atoms with E-state index in [1.54, 1.807) is 25.1 Å². The smallest absolute Gasteiger partial charge is 0.335 e. The maximum Gasteiger partial charge on any atom is 0.335 e. The summed E-state index contributed by atoms with van der Waals surface area (Å²) >= 11 is 0. The number of hydrogen-bond donors (Lipinski definition) is 1. The molecule has 0 amide bonds. The Hall–Kier alpha value is -2.04. The second-order valence-electron chi connectivity index (χ2n) is 4.81. The van der Waals surface area contributed by atoms with E-state index in [2.05, 4.69) is 0 Å². The normalized spacial score (nSPS) is 18.6. The fourth-order valence-corrected chi connectivity index (χ4v) is 2.54. The van der Waals surface area contributed by atoms with Crippen LogP contribution in [0.2, 0.25) is 0 Å². The Morgan fingerprint density at radius 2 is 2.20 bits per heavy atom. The SMILES string of the molecule is CCOC(=O)C1CCCCN1c1cccc(C(=O)O)c1. The van der Waals surface area contributed by atoms with Gasteiger partial charge in [-0.2, -0.15) is 0 Å². The zero-order valence-electron chi connectivity index (χ0n) is 11.5. The number of carbonyl (C=O) groups excluding carboxylic acids is 1. The van der Waals surface area contributed by atoms with Crippen molar-refractivity contribution in [3.63, 3.8) is 0 Å². The Balaban J connectivity index is 2.25. The third-order valence-corrected chi connectivity index (χ3v) is 3.49. The Morgan fingerprint density at radius 3 is 2.90 bits per heavy atom. The lowest BCUT2D eigenvalue weighted by Crippen LogP contribution is -2.45. The summed E-state index contributed by atoms with van der Waals surface area (Å²) < 4.78 is 5.11. The molecule has 0 radical (unpaired) electrons. The van der Waals surface area contributed by atoms with E-state index in [9.17, 15) is 9.59 Å².